The average molecular weight is 248 g/mol. The van der Waals surface area contributed by atoms with Crippen LogP contribution in [-0.2, 0) is 15.5 Å². The second-order valence-corrected chi connectivity index (χ2v) is 3.12. The number of methoxy groups -OCH3 is 1. The van der Waals surface area contributed by atoms with Crippen LogP contribution < -0.4 is 4.74 Å². The van der Waals surface area contributed by atoms with E-state index >= 15 is 0 Å². The molecule has 1 aromatic rings. The van der Waals surface area contributed by atoms with Crippen LogP contribution in [-0.4, -0.2) is 19.7 Å². The van der Waals surface area contributed by atoms with Crippen molar-refractivity contribution in [3.8, 4) is 5.75 Å². The Hall–Kier alpha value is -1.72. The highest BCUT2D eigenvalue weighted by atomic mass is 19.3. The SMILES string of the molecule is CCOC(=O)C(F)(F)c1cccc(OC)c1F. The van der Waals surface area contributed by atoms with Crippen LogP contribution in [0.25, 0.3) is 0 Å². The molecule has 94 valence electrons. The van der Waals surface area contributed by atoms with Gasteiger partial charge in [-0.2, -0.15) is 8.78 Å². The molecule has 0 atom stereocenters. The van der Waals surface area contributed by atoms with Crippen molar-refractivity contribution in [3.63, 3.8) is 0 Å². The van der Waals surface area contributed by atoms with Crippen LogP contribution in [0.1, 0.15) is 12.5 Å². The van der Waals surface area contributed by atoms with Crippen LogP contribution in [0.4, 0.5) is 13.2 Å². The summed E-state index contributed by atoms with van der Waals surface area (Å²) in [6.07, 6.45) is 0. The van der Waals surface area contributed by atoms with E-state index in [-0.39, 0.29) is 12.4 Å². The van der Waals surface area contributed by atoms with Gasteiger partial charge in [-0.3, -0.25) is 0 Å². The van der Waals surface area contributed by atoms with Crippen LogP contribution in [0.2, 0.25) is 0 Å². The number of halogens is 3. The number of carbonyl (C=O) groups is 1. The van der Waals surface area contributed by atoms with Gasteiger partial charge in [0, 0.05) is 0 Å². The molecule has 0 aliphatic heterocycles. The molecule has 0 aliphatic rings. The number of rotatable bonds is 4. The van der Waals surface area contributed by atoms with E-state index in [2.05, 4.69) is 9.47 Å². The lowest BCUT2D eigenvalue weighted by molar-refractivity contribution is -0.173. The number of alkyl halides is 2. The van der Waals surface area contributed by atoms with E-state index in [9.17, 15) is 18.0 Å². The lowest BCUT2D eigenvalue weighted by atomic mass is 10.1. The van der Waals surface area contributed by atoms with E-state index in [4.69, 9.17) is 0 Å². The van der Waals surface area contributed by atoms with Gasteiger partial charge in [0.05, 0.1) is 19.3 Å². The highest BCUT2D eigenvalue weighted by Crippen LogP contribution is 2.34. The molecule has 0 heterocycles. The first kappa shape index (κ1) is 13.3. The van der Waals surface area contributed by atoms with Gasteiger partial charge in [0.15, 0.2) is 11.6 Å². The van der Waals surface area contributed by atoms with Gasteiger partial charge in [0.1, 0.15) is 0 Å². The van der Waals surface area contributed by atoms with Crippen molar-refractivity contribution in [2.75, 3.05) is 13.7 Å². The van der Waals surface area contributed by atoms with E-state index < -0.39 is 23.3 Å². The molecule has 17 heavy (non-hydrogen) atoms. The molecule has 6 heteroatoms. The Kier molecular flexibility index (Phi) is 3.98. The van der Waals surface area contributed by atoms with Crippen LogP contribution in [0.5, 0.6) is 5.75 Å². The highest BCUT2D eigenvalue weighted by Gasteiger charge is 2.45. The Labute approximate surface area is 96.1 Å². The van der Waals surface area contributed by atoms with Crippen LogP contribution in [0.3, 0.4) is 0 Å². The summed E-state index contributed by atoms with van der Waals surface area (Å²) in [6, 6.07) is 3.17. The monoisotopic (exact) mass is 248 g/mol. The molecule has 0 saturated carbocycles. The predicted molar refractivity (Wildman–Crippen MR) is 53.5 cm³/mol. The van der Waals surface area contributed by atoms with Crippen LogP contribution >= 0.6 is 0 Å². The summed E-state index contributed by atoms with van der Waals surface area (Å²) < 4.78 is 49.4. The third-order valence-electron chi connectivity index (χ3n) is 2.05. The summed E-state index contributed by atoms with van der Waals surface area (Å²) in [7, 11) is 1.14. The van der Waals surface area contributed by atoms with Crippen LogP contribution in [0, 0.1) is 5.82 Å². The smallest absolute Gasteiger partial charge is 0.382 e. The first-order chi connectivity index (χ1) is 7.95. The van der Waals surface area contributed by atoms with Crippen LogP contribution in [0.15, 0.2) is 18.2 Å². The fourth-order valence-electron chi connectivity index (χ4n) is 1.24. The molecule has 3 nitrogen and oxygen atoms in total. The molecule has 0 unspecified atom stereocenters. The molecule has 0 aliphatic carbocycles. The lowest BCUT2D eigenvalue weighted by Crippen LogP contribution is -2.29. The number of carbonyl (C=O) groups excluding carboxylic acids is 1. The van der Waals surface area contributed by atoms with E-state index in [1.165, 1.54) is 19.1 Å². The molecule has 0 bridgehead atoms. The summed E-state index contributed by atoms with van der Waals surface area (Å²) in [5.74, 6) is -7.44. The molecule has 1 rings (SSSR count). The second kappa shape index (κ2) is 5.07. The zero-order valence-electron chi connectivity index (χ0n) is 9.30. The Bertz CT molecular complexity index is 418. The van der Waals surface area contributed by atoms with Gasteiger partial charge in [-0.15, -0.1) is 0 Å². The predicted octanol–water partition coefficient (Wildman–Crippen LogP) is 2.49. The quantitative estimate of drug-likeness (QED) is 0.768. The largest absolute Gasteiger partial charge is 0.494 e. The first-order valence-electron chi connectivity index (χ1n) is 4.83. The summed E-state index contributed by atoms with van der Waals surface area (Å²) in [5.41, 5.74) is -1.06. The van der Waals surface area contributed by atoms with Crippen molar-refractivity contribution in [2.45, 2.75) is 12.8 Å². The summed E-state index contributed by atoms with van der Waals surface area (Å²) >= 11 is 0. The Balaban J connectivity index is 3.19. The number of hydrogen-bond donors (Lipinski definition) is 0. The molecule has 0 amide bonds. The minimum absolute atomic E-state index is 0.208. The maximum absolute atomic E-state index is 13.6. The van der Waals surface area contributed by atoms with E-state index in [0.717, 1.165) is 13.2 Å². The molecule has 1 aromatic carbocycles. The number of benzene rings is 1. The summed E-state index contributed by atoms with van der Waals surface area (Å²) in [6.45, 7) is 1.18. The van der Waals surface area contributed by atoms with Gasteiger partial charge in [0.25, 0.3) is 0 Å². The van der Waals surface area contributed by atoms with E-state index in [0.29, 0.717) is 0 Å². The number of esters is 1. The topological polar surface area (TPSA) is 35.5 Å². The summed E-state index contributed by atoms with van der Waals surface area (Å²) in [5, 5.41) is 0. The average Bonchev–Trinajstić information content (AvgIpc) is 2.29. The maximum atomic E-state index is 13.6. The van der Waals surface area contributed by atoms with Gasteiger partial charge >= 0.3 is 11.9 Å². The Morgan fingerprint density at radius 1 is 1.41 bits per heavy atom. The van der Waals surface area contributed by atoms with E-state index in [1.54, 1.807) is 0 Å². The minimum Gasteiger partial charge on any atom is -0.494 e. The zero-order valence-corrected chi connectivity index (χ0v) is 9.30. The van der Waals surface area contributed by atoms with Crippen molar-refractivity contribution >= 4 is 5.97 Å². The molecule has 0 fully saturated rings. The number of hydrogen-bond acceptors (Lipinski definition) is 3. The number of ether oxygens (including phenoxy) is 2. The molecule has 0 N–H and O–H groups in total. The van der Waals surface area contributed by atoms with Gasteiger partial charge in [-0.1, -0.05) is 6.07 Å². The normalized spacial score (nSPS) is 11.1. The summed E-state index contributed by atoms with van der Waals surface area (Å²) in [4.78, 5) is 11.0. The second-order valence-electron chi connectivity index (χ2n) is 3.12. The van der Waals surface area contributed by atoms with Crippen molar-refractivity contribution < 1.29 is 27.4 Å². The van der Waals surface area contributed by atoms with Crippen molar-refractivity contribution in [2.24, 2.45) is 0 Å². The van der Waals surface area contributed by atoms with Crippen molar-refractivity contribution in [1.29, 1.82) is 0 Å². The Morgan fingerprint density at radius 3 is 2.59 bits per heavy atom. The third-order valence-corrected chi connectivity index (χ3v) is 2.05. The molecule has 0 aromatic heterocycles. The third kappa shape index (κ3) is 2.51. The van der Waals surface area contributed by atoms with Gasteiger partial charge in [-0.25, -0.2) is 9.18 Å². The fourth-order valence-corrected chi connectivity index (χ4v) is 1.24. The fraction of sp³-hybridized carbons (Fsp3) is 0.364. The van der Waals surface area contributed by atoms with Crippen molar-refractivity contribution in [1.82, 2.24) is 0 Å². The molecule has 0 radical (unpaired) electrons. The zero-order chi connectivity index (χ0) is 13.1. The minimum atomic E-state index is -4.03. The molecule has 0 saturated heterocycles. The van der Waals surface area contributed by atoms with Gasteiger partial charge < -0.3 is 9.47 Å². The first-order valence-corrected chi connectivity index (χ1v) is 4.83. The standard InChI is InChI=1S/C11H11F3O3/c1-3-17-10(15)11(13,14)7-5-4-6-8(16-2)9(7)12/h4-6H,3H2,1-2H3. The molecular weight excluding hydrogens is 237 g/mol. The van der Waals surface area contributed by atoms with Gasteiger partial charge in [0.2, 0.25) is 0 Å². The lowest BCUT2D eigenvalue weighted by Gasteiger charge is -2.16. The maximum Gasteiger partial charge on any atom is 0.382 e. The molecular formula is C11H11F3O3. The Morgan fingerprint density at radius 2 is 2.06 bits per heavy atom. The van der Waals surface area contributed by atoms with Gasteiger partial charge in [-0.05, 0) is 19.1 Å². The van der Waals surface area contributed by atoms with Crippen molar-refractivity contribution in [3.05, 3.63) is 29.6 Å². The highest BCUT2D eigenvalue weighted by molar-refractivity contribution is 5.79. The van der Waals surface area contributed by atoms with E-state index in [1.807, 2.05) is 0 Å². The molecule has 0 spiro atoms.